The third-order valence-corrected chi connectivity index (χ3v) is 5.39. The first-order valence-corrected chi connectivity index (χ1v) is 10.3. The normalized spacial score (nSPS) is 10.8. The van der Waals surface area contributed by atoms with E-state index in [9.17, 15) is 9.18 Å². The number of rotatable bonds is 8. The number of aryl methyl sites for hydroxylation is 2. The molecule has 1 aromatic heterocycles. The average molecular weight is 415 g/mol. The number of thioether (sulfide) groups is 1. The van der Waals surface area contributed by atoms with E-state index in [1.807, 2.05) is 43.5 Å². The number of nitrogens with one attached hydrogen (secondary N) is 1. The Morgan fingerprint density at radius 2 is 1.97 bits per heavy atom. The Bertz CT molecular complexity index is 1010. The number of para-hydroxylation sites is 1. The Kier molecular flexibility index (Phi) is 6.87. The van der Waals surface area contributed by atoms with Gasteiger partial charge in [0.05, 0.1) is 5.75 Å². The predicted molar refractivity (Wildman–Crippen MR) is 112 cm³/mol. The van der Waals surface area contributed by atoms with Crippen LogP contribution in [0.4, 0.5) is 10.1 Å². The predicted octanol–water partition coefficient (Wildman–Crippen LogP) is 4.36. The molecule has 152 valence electrons. The molecule has 0 aliphatic carbocycles. The van der Waals surface area contributed by atoms with Crippen molar-refractivity contribution < 1.29 is 13.9 Å². The molecule has 6 nitrogen and oxygen atoms in total. The second kappa shape index (κ2) is 9.56. The zero-order valence-corrected chi connectivity index (χ0v) is 17.4. The lowest BCUT2D eigenvalue weighted by atomic mass is 10.1. The van der Waals surface area contributed by atoms with E-state index in [1.54, 1.807) is 18.2 Å². The van der Waals surface area contributed by atoms with Crippen molar-refractivity contribution in [1.29, 1.82) is 0 Å². The minimum atomic E-state index is -0.423. The quantitative estimate of drug-likeness (QED) is 0.555. The van der Waals surface area contributed by atoms with Crippen molar-refractivity contribution in [3.8, 4) is 5.75 Å². The Balaban J connectivity index is 1.59. The molecule has 0 aliphatic rings. The summed E-state index contributed by atoms with van der Waals surface area (Å²) in [6.07, 6.45) is 0. The average Bonchev–Trinajstić information content (AvgIpc) is 3.10. The molecule has 29 heavy (non-hydrogen) atoms. The molecule has 1 N–H and O–H groups in total. The molecule has 8 heteroatoms. The fourth-order valence-electron chi connectivity index (χ4n) is 2.70. The van der Waals surface area contributed by atoms with E-state index in [0.29, 0.717) is 17.5 Å². The van der Waals surface area contributed by atoms with Crippen LogP contribution in [0, 0.1) is 19.7 Å². The fraction of sp³-hybridized carbons (Fsp3) is 0.286. The van der Waals surface area contributed by atoms with Gasteiger partial charge in [-0.2, -0.15) is 0 Å². The van der Waals surface area contributed by atoms with Crippen molar-refractivity contribution in [2.24, 2.45) is 0 Å². The summed E-state index contributed by atoms with van der Waals surface area (Å²) in [6, 6.07) is 12.0. The monoisotopic (exact) mass is 414 g/mol. The highest BCUT2D eigenvalue weighted by molar-refractivity contribution is 7.99. The molecule has 0 aliphatic heterocycles. The van der Waals surface area contributed by atoms with Crippen molar-refractivity contribution in [3.63, 3.8) is 0 Å². The molecule has 0 atom stereocenters. The van der Waals surface area contributed by atoms with Crippen molar-refractivity contribution >= 4 is 23.4 Å². The maximum atomic E-state index is 13.7. The van der Waals surface area contributed by atoms with E-state index in [4.69, 9.17) is 4.74 Å². The molecule has 0 spiro atoms. The zero-order chi connectivity index (χ0) is 20.8. The minimum absolute atomic E-state index is 0.0944. The maximum Gasteiger partial charge on any atom is 0.234 e. The van der Waals surface area contributed by atoms with Gasteiger partial charge in [0, 0.05) is 12.2 Å². The van der Waals surface area contributed by atoms with Crippen LogP contribution >= 0.6 is 11.8 Å². The lowest BCUT2D eigenvalue weighted by Crippen LogP contribution is -2.15. The fourth-order valence-corrected chi connectivity index (χ4v) is 3.52. The zero-order valence-electron chi connectivity index (χ0n) is 16.6. The third kappa shape index (κ3) is 5.35. The molecule has 0 bridgehead atoms. The van der Waals surface area contributed by atoms with Crippen LogP contribution in [0.15, 0.2) is 47.6 Å². The molecule has 0 unspecified atom stereocenters. The highest BCUT2D eigenvalue weighted by atomic mass is 32.2. The van der Waals surface area contributed by atoms with Crippen LogP contribution in [0.1, 0.15) is 23.9 Å². The van der Waals surface area contributed by atoms with E-state index in [-0.39, 0.29) is 24.0 Å². The number of aromatic nitrogens is 3. The molecular weight excluding hydrogens is 391 g/mol. The van der Waals surface area contributed by atoms with Gasteiger partial charge in [0.15, 0.2) is 22.5 Å². The van der Waals surface area contributed by atoms with Gasteiger partial charge in [-0.1, -0.05) is 30.0 Å². The number of halogens is 1. The number of hydrogen-bond donors (Lipinski definition) is 1. The first-order valence-electron chi connectivity index (χ1n) is 9.27. The van der Waals surface area contributed by atoms with E-state index in [2.05, 4.69) is 15.5 Å². The first-order chi connectivity index (χ1) is 14.0. The maximum absolute atomic E-state index is 13.7. The molecule has 3 aromatic rings. The molecule has 2 aromatic carbocycles. The summed E-state index contributed by atoms with van der Waals surface area (Å²) in [5, 5.41) is 11.8. The summed E-state index contributed by atoms with van der Waals surface area (Å²) in [4.78, 5) is 12.3. The van der Waals surface area contributed by atoms with Crippen LogP contribution in [0.2, 0.25) is 0 Å². The van der Waals surface area contributed by atoms with Crippen molar-refractivity contribution in [3.05, 3.63) is 65.2 Å². The first kappa shape index (κ1) is 20.9. The summed E-state index contributed by atoms with van der Waals surface area (Å²) in [6.45, 7) is 6.70. The molecule has 0 saturated heterocycles. The van der Waals surface area contributed by atoms with Crippen LogP contribution in [0.3, 0.4) is 0 Å². The molecule has 1 amide bonds. The smallest absolute Gasteiger partial charge is 0.234 e. The van der Waals surface area contributed by atoms with Gasteiger partial charge in [-0.3, -0.25) is 4.79 Å². The number of carbonyl (C=O) groups excluding carboxylic acids is 1. The summed E-state index contributed by atoms with van der Waals surface area (Å²) >= 11 is 1.30. The summed E-state index contributed by atoms with van der Waals surface area (Å²) in [5.41, 5.74) is 3.08. The Labute approximate surface area is 173 Å². The standard InChI is InChI=1S/C21H23FN4O2S/c1-4-26-19(12-28-18-8-6-5-7-17(18)22)24-25-21(26)29-13-20(27)23-16-10-9-14(2)15(3)11-16/h5-11H,4,12-13H2,1-3H3,(H,23,27). The molecule has 3 rings (SSSR count). The molecule has 0 saturated carbocycles. The third-order valence-electron chi connectivity index (χ3n) is 4.43. The lowest BCUT2D eigenvalue weighted by Gasteiger charge is -2.10. The van der Waals surface area contributed by atoms with Gasteiger partial charge in [0.1, 0.15) is 6.61 Å². The van der Waals surface area contributed by atoms with Crippen LogP contribution in [-0.4, -0.2) is 26.4 Å². The highest BCUT2D eigenvalue weighted by Gasteiger charge is 2.14. The van der Waals surface area contributed by atoms with Crippen LogP contribution in [-0.2, 0) is 17.9 Å². The van der Waals surface area contributed by atoms with Gasteiger partial charge in [-0.15, -0.1) is 10.2 Å². The molecule has 1 heterocycles. The molecule has 0 radical (unpaired) electrons. The topological polar surface area (TPSA) is 69.0 Å². The lowest BCUT2D eigenvalue weighted by molar-refractivity contribution is -0.113. The molecule has 0 fully saturated rings. The summed E-state index contributed by atoms with van der Waals surface area (Å²) in [5.74, 6) is 0.410. The van der Waals surface area contributed by atoms with Gasteiger partial charge < -0.3 is 14.6 Å². The van der Waals surface area contributed by atoms with Gasteiger partial charge >= 0.3 is 0 Å². The number of ether oxygens (including phenoxy) is 1. The van der Waals surface area contributed by atoms with Crippen LogP contribution in [0.5, 0.6) is 5.75 Å². The number of carbonyl (C=O) groups is 1. The van der Waals surface area contributed by atoms with Gasteiger partial charge in [0.25, 0.3) is 0 Å². The number of amides is 1. The Morgan fingerprint density at radius 1 is 1.17 bits per heavy atom. The van der Waals surface area contributed by atoms with E-state index >= 15 is 0 Å². The van der Waals surface area contributed by atoms with Crippen LogP contribution in [0.25, 0.3) is 0 Å². The Morgan fingerprint density at radius 3 is 2.69 bits per heavy atom. The summed E-state index contributed by atoms with van der Waals surface area (Å²) < 4.78 is 21.1. The second-order valence-electron chi connectivity index (χ2n) is 6.50. The van der Waals surface area contributed by atoms with E-state index in [1.165, 1.54) is 23.4 Å². The number of benzene rings is 2. The molecular formula is C21H23FN4O2S. The van der Waals surface area contributed by atoms with Gasteiger partial charge in [-0.05, 0) is 56.2 Å². The Hall–Kier alpha value is -2.87. The van der Waals surface area contributed by atoms with Gasteiger partial charge in [-0.25, -0.2) is 4.39 Å². The highest BCUT2D eigenvalue weighted by Crippen LogP contribution is 2.21. The largest absolute Gasteiger partial charge is 0.483 e. The van der Waals surface area contributed by atoms with Crippen LogP contribution < -0.4 is 10.1 Å². The summed E-state index contributed by atoms with van der Waals surface area (Å²) in [7, 11) is 0. The number of hydrogen-bond acceptors (Lipinski definition) is 5. The minimum Gasteiger partial charge on any atom is -0.483 e. The van der Waals surface area contributed by atoms with Crippen molar-refractivity contribution in [2.75, 3.05) is 11.1 Å². The van der Waals surface area contributed by atoms with E-state index in [0.717, 1.165) is 11.3 Å². The van der Waals surface area contributed by atoms with Crippen molar-refractivity contribution in [1.82, 2.24) is 14.8 Å². The van der Waals surface area contributed by atoms with E-state index < -0.39 is 5.82 Å². The van der Waals surface area contributed by atoms with Gasteiger partial charge in [0.2, 0.25) is 5.91 Å². The number of nitrogens with zero attached hydrogens (tertiary/aromatic N) is 3. The number of anilines is 1. The SMILES string of the molecule is CCn1c(COc2ccccc2F)nnc1SCC(=O)Nc1ccc(C)c(C)c1. The van der Waals surface area contributed by atoms with Crippen molar-refractivity contribution in [2.45, 2.75) is 39.1 Å². The second-order valence-corrected chi connectivity index (χ2v) is 7.44.